The van der Waals surface area contributed by atoms with Gasteiger partial charge in [0.25, 0.3) is 0 Å². The van der Waals surface area contributed by atoms with Crippen LogP contribution in [-0.4, -0.2) is 22.5 Å². The molecule has 0 bridgehead atoms. The highest BCUT2D eigenvalue weighted by Crippen LogP contribution is 2.31. The summed E-state index contributed by atoms with van der Waals surface area (Å²) >= 11 is 0. The van der Waals surface area contributed by atoms with E-state index in [2.05, 4.69) is 10.6 Å². The highest BCUT2D eigenvalue weighted by molar-refractivity contribution is 5.95. The van der Waals surface area contributed by atoms with Crippen LogP contribution in [0.1, 0.15) is 57.9 Å². The van der Waals surface area contributed by atoms with Gasteiger partial charge in [0.05, 0.1) is 12.0 Å². The summed E-state index contributed by atoms with van der Waals surface area (Å²) in [6, 6.07) is 5.44. The second-order valence-corrected chi connectivity index (χ2v) is 7.18. The van der Waals surface area contributed by atoms with E-state index in [0.29, 0.717) is 24.2 Å². The predicted molar refractivity (Wildman–Crippen MR) is 95.9 cm³/mol. The Labute approximate surface area is 143 Å². The van der Waals surface area contributed by atoms with Gasteiger partial charge in [0.2, 0.25) is 11.8 Å². The Morgan fingerprint density at radius 2 is 1.83 bits per heavy atom. The van der Waals surface area contributed by atoms with Crippen LogP contribution in [0.4, 0.5) is 11.4 Å². The molecule has 1 aromatic rings. The van der Waals surface area contributed by atoms with Crippen molar-refractivity contribution in [1.29, 1.82) is 0 Å². The van der Waals surface area contributed by atoms with Gasteiger partial charge in [-0.05, 0) is 37.5 Å². The molecule has 1 saturated carbocycles. The first kappa shape index (κ1) is 18.5. The molecule has 2 rings (SSSR count). The van der Waals surface area contributed by atoms with Gasteiger partial charge in [0, 0.05) is 17.3 Å². The number of benzene rings is 1. The third-order valence-electron chi connectivity index (χ3n) is 4.58. The molecule has 1 aliphatic carbocycles. The quantitative estimate of drug-likeness (QED) is 0.770. The van der Waals surface area contributed by atoms with E-state index in [4.69, 9.17) is 0 Å². The molecular weight excluding hydrogens is 304 g/mol. The Hall–Kier alpha value is -1.88. The van der Waals surface area contributed by atoms with Crippen molar-refractivity contribution in [3.8, 4) is 0 Å². The van der Waals surface area contributed by atoms with Gasteiger partial charge in [-0.15, -0.1) is 0 Å². The van der Waals surface area contributed by atoms with E-state index in [1.807, 2.05) is 32.9 Å². The van der Waals surface area contributed by atoms with E-state index < -0.39 is 5.60 Å². The van der Waals surface area contributed by atoms with Gasteiger partial charge in [0.15, 0.2) is 0 Å². The van der Waals surface area contributed by atoms with Gasteiger partial charge in [-0.2, -0.15) is 0 Å². The highest BCUT2D eigenvalue weighted by Gasteiger charge is 2.31. The number of rotatable bonds is 5. The molecule has 0 atom stereocenters. The Morgan fingerprint density at radius 1 is 1.17 bits per heavy atom. The van der Waals surface area contributed by atoms with Crippen molar-refractivity contribution in [2.75, 3.05) is 10.6 Å². The third kappa shape index (κ3) is 5.06. The summed E-state index contributed by atoms with van der Waals surface area (Å²) < 4.78 is 0. The Balaban J connectivity index is 2.02. The number of nitrogens with one attached hydrogen (secondary N) is 2. The second kappa shape index (κ2) is 7.79. The maximum Gasteiger partial charge on any atom is 0.227 e. The molecule has 0 spiro atoms. The molecule has 2 amide bonds. The number of anilines is 2. The number of hydrogen-bond acceptors (Lipinski definition) is 3. The second-order valence-electron chi connectivity index (χ2n) is 7.18. The number of aliphatic hydroxyl groups is 1. The molecule has 5 nitrogen and oxygen atoms in total. The number of carbonyl (C=O) groups excluding carboxylic acids is 2. The molecule has 0 saturated heterocycles. The fourth-order valence-corrected chi connectivity index (χ4v) is 3.00. The summed E-state index contributed by atoms with van der Waals surface area (Å²) in [6.07, 6.45) is 4.56. The van der Waals surface area contributed by atoms with Crippen LogP contribution in [0.15, 0.2) is 18.2 Å². The lowest BCUT2D eigenvalue weighted by Gasteiger charge is -2.31. The lowest BCUT2D eigenvalue weighted by molar-refractivity contribution is -0.122. The van der Waals surface area contributed by atoms with Crippen LogP contribution in [0.2, 0.25) is 0 Å². The van der Waals surface area contributed by atoms with Gasteiger partial charge in [0.1, 0.15) is 0 Å². The van der Waals surface area contributed by atoms with Crippen molar-refractivity contribution in [3.63, 3.8) is 0 Å². The summed E-state index contributed by atoms with van der Waals surface area (Å²) in [6.45, 7) is 5.56. The molecular formula is C19H28N2O3. The topological polar surface area (TPSA) is 78.4 Å². The summed E-state index contributed by atoms with van der Waals surface area (Å²) in [4.78, 5) is 24.1. The number of amides is 2. The van der Waals surface area contributed by atoms with Gasteiger partial charge in [-0.1, -0.05) is 39.2 Å². The highest BCUT2D eigenvalue weighted by atomic mass is 16.3. The van der Waals surface area contributed by atoms with Crippen molar-refractivity contribution in [2.24, 2.45) is 5.92 Å². The molecule has 24 heavy (non-hydrogen) atoms. The van der Waals surface area contributed by atoms with Gasteiger partial charge in [-0.3, -0.25) is 9.59 Å². The molecule has 1 aromatic carbocycles. The number of carbonyl (C=O) groups is 2. The molecule has 1 fully saturated rings. The average molecular weight is 332 g/mol. The number of hydrogen-bond donors (Lipinski definition) is 3. The normalized spacial score (nSPS) is 16.7. The van der Waals surface area contributed by atoms with Crippen LogP contribution in [0, 0.1) is 12.8 Å². The van der Waals surface area contributed by atoms with Crippen molar-refractivity contribution in [1.82, 2.24) is 0 Å². The van der Waals surface area contributed by atoms with Crippen LogP contribution >= 0.6 is 0 Å². The zero-order chi connectivity index (χ0) is 17.7. The number of aryl methyl sites for hydroxylation is 1. The largest absolute Gasteiger partial charge is 0.389 e. The maximum absolute atomic E-state index is 12.3. The zero-order valence-corrected chi connectivity index (χ0v) is 14.8. The van der Waals surface area contributed by atoms with Crippen LogP contribution in [0.3, 0.4) is 0 Å². The van der Waals surface area contributed by atoms with E-state index >= 15 is 0 Å². The monoisotopic (exact) mass is 332 g/mol. The fraction of sp³-hybridized carbons (Fsp3) is 0.579. The molecule has 132 valence electrons. The SMILES string of the molecule is Cc1ccc(NC(=O)C(C)C)cc1NC(=O)CC1(O)CCCCC1. The van der Waals surface area contributed by atoms with Crippen LogP contribution < -0.4 is 10.6 Å². The molecule has 0 radical (unpaired) electrons. The minimum Gasteiger partial charge on any atom is -0.389 e. The summed E-state index contributed by atoms with van der Waals surface area (Å²) in [5, 5.41) is 16.2. The lowest BCUT2D eigenvalue weighted by atomic mass is 9.82. The first-order chi connectivity index (χ1) is 11.3. The molecule has 3 N–H and O–H groups in total. The van der Waals surface area contributed by atoms with Crippen molar-refractivity contribution in [2.45, 2.75) is 64.9 Å². The van der Waals surface area contributed by atoms with Crippen molar-refractivity contribution >= 4 is 23.2 Å². The van der Waals surface area contributed by atoms with E-state index in [0.717, 1.165) is 24.8 Å². The predicted octanol–water partition coefficient (Wildman–Crippen LogP) is 3.61. The van der Waals surface area contributed by atoms with Crippen molar-refractivity contribution < 1.29 is 14.7 Å². The van der Waals surface area contributed by atoms with Crippen LogP contribution in [0.5, 0.6) is 0 Å². The minimum atomic E-state index is -0.875. The third-order valence-corrected chi connectivity index (χ3v) is 4.58. The Bertz CT molecular complexity index is 605. The first-order valence-corrected chi connectivity index (χ1v) is 8.73. The molecule has 0 aromatic heterocycles. The van der Waals surface area contributed by atoms with Crippen LogP contribution in [-0.2, 0) is 9.59 Å². The summed E-state index contributed by atoms with van der Waals surface area (Å²) in [7, 11) is 0. The molecule has 0 heterocycles. The average Bonchev–Trinajstić information content (AvgIpc) is 2.50. The Morgan fingerprint density at radius 3 is 2.46 bits per heavy atom. The molecule has 0 aliphatic heterocycles. The van der Waals surface area contributed by atoms with E-state index in [1.165, 1.54) is 0 Å². The zero-order valence-electron chi connectivity index (χ0n) is 14.8. The molecule has 5 heteroatoms. The van der Waals surface area contributed by atoms with E-state index in [-0.39, 0.29) is 24.2 Å². The van der Waals surface area contributed by atoms with Gasteiger partial charge in [-0.25, -0.2) is 0 Å². The lowest BCUT2D eigenvalue weighted by Crippen LogP contribution is -2.36. The summed E-state index contributed by atoms with van der Waals surface area (Å²) in [5.41, 5.74) is 1.37. The first-order valence-electron chi connectivity index (χ1n) is 8.73. The molecule has 0 unspecified atom stereocenters. The minimum absolute atomic E-state index is 0.0624. The van der Waals surface area contributed by atoms with E-state index in [9.17, 15) is 14.7 Å². The Kier molecular flexibility index (Phi) is 5.99. The molecule has 1 aliphatic rings. The fourth-order valence-electron chi connectivity index (χ4n) is 3.00. The van der Waals surface area contributed by atoms with Crippen molar-refractivity contribution in [3.05, 3.63) is 23.8 Å². The maximum atomic E-state index is 12.3. The standard InChI is InChI=1S/C19H28N2O3/c1-13(2)18(23)20-15-8-7-14(3)16(11-15)21-17(22)12-19(24)9-5-4-6-10-19/h7-8,11,13,24H,4-6,9-10,12H2,1-3H3,(H,20,23)(H,21,22). The summed E-state index contributed by atoms with van der Waals surface area (Å²) in [5.74, 6) is -0.354. The smallest absolute Gasteiger partial charge is 0.227 e. The van der Waals surface area contributed by atoms with Crippen LogP contribution in [0.25, 0.3) is 0 Å². The van der Waals surface area contributed by atoms with Gasteiger partial charge < -0.3 is 15.7 Å². The van der Waals surface area contributed by atoms with Gasteiger partial charge >= 0.3 is 0 Å². The van der Waals surface area contributed by atoms with E-state index in [1.54, 1.807) is 6.07 Å².